The average Bonchev–Trinajstić information content (AvgIpc) is 3.19. The molecule has 1 aromatic rings. The highest BCUT2D eigenvalue weighted by atomic mass is 16.2. The number of aryl methyl sites for hydroxylation is 1. The molecule has 0 aromatic heterocycles. The molecule has 1 N–H and O–H groups in total. The summed E-state index contributed by atoms with van der Waals surface area (Å²) in [6, 6.07) is 7.29. The minimum absolute atomic E-state index is 0.0730. The molecule has 1 aliphatic carbocycles. The summed E-state index contributed by atoms with van der Waals surface area (Å²) in [7, 11) is 0. The third kappa shape index (κ3) is 2.96. The molecule has 0 bridgehead atoms. The van der Waals surface area contributed by atoms with Gasteiger partial charge in [0.1, 0.15) is 6.04 Å². The van der Waals surface area contributed by atoms with Crippen LogP contribution >= 0.6 is 0 Å². The summed E-state index contributed by atoms with van der Waals surface area (Å²) in [4.78, 5) is 37.4. The molecule has 1 saturated heterocycles. The van der Waals surface area contributed by atoms with Crippen LogP contribution in [0.15, 0.2) is 24.3 Å². The molecule has 0 radical (unpaired) electrons. The predicted molar refractivity (Wildman–Crippen MR) is 76.3 cm³/mol. The van der Waals surface area contributed by atoms with E-state index in [1.54, 1.807) is 4.90 Å². The highest BCUT2D eigenvalue weighted by molar-refractivity contribution is 6.07. The van der Waals surface area contributed by atoms with E-state index in [4.69, 9.17) is 0 Å². The number of imide groups is 1. The maximum atomic E-state index is 12.6. The van der Waals surface area contributed by atoms with Gasteiger partial charge in [-0.3, -0.25) is 19.7 Å². The molecule has 1 unspecified atom stereocenters. The second-order valence-electron chi connectivity index (χ2n) is 5.83. The van der Waals surface area contributed by atoms with Crippen molar-refractivity contribution in [2.45, 2.75) is 44.7 Å². The molecule has 2 aliphatic rings. The van der Waals surface area contributed by atoms with Crippen LogP contribution in [0.25, 0.3) is 0 Å². The van der Waals surface area contributed by atoms with Crippen LogP contribution in [0.2, 0.25) is 0 Å². The number of hydrogen-bond acceptors (Lipinski definition) is 3. The summed E-state index contributed by atoms with van der Waals surface area (Å²) >= 11 is 0. The van der Waals surface area contributed by atoms with Crippen molar-refractivity contribution in [1.82, 2.24) is 10.2 Å². The first kappa shape index (κ1) is 13.8. The number of carbonyl (C=O) groups is 3. The molecular weight excluding hydrogens is 268 g/mol. The van der Waals surface area contributed by atoms with E-state index in [9.17, 15) is 14.4 Å². The lowest BCUT2D eigenvalue weighted by atomic mass is 10.1. The SMILES string of the molecule is Cc1ccc(CC(=O)N(C2CC2)C2CC(=O)NC2=O)cc1. The number of rotatable bonds is 4. The smallest absolute Gasteiger partial charge is 0.249 e. The Morgan fingerprint density at radius 3 is 2.43 bits per heavy atom. The van der Waals surface area contributed by atoms with Gasteiger partial charge in [0, 0.05) is 6.04 Å². The van der Waals surface area contributed by atoms with Gasteiger partial charge in [-0.15, -0.1) is 0 Å². The van der Waals surface area contributed by atoms with Gasteiger partial charge in [-0.1, -0.05) is 29.8 Å². The van der Waals surface area contributed by atoms with Crippen molar-refractivity contribution in [3.05, 3.63) is 35.4 Å². The van der Waals surface area contributed by atoms with Crippen molar-refractivity contribution < 1.29 is 14.4 Å². The van der Waals surface area contributed by atoms with Crippen LogP contribution in [0.1, 0.15) is 30.4 Å². The third-order valence-electron chi connectivity index (χ3n) is 3.98. The minimum Gasteiger partial charge on any atom is -0.327 e. The lowest BCUT2D eigenvalue weighted by Crippen LogP contribution is -2.46. The summed E-state index contributed by atoms with van der Waals surface area (Å²) in [5.41, 5.74) is 2.08. The second-order valence-corrected chi connectivity index (χ2v) is 5.83. The van der Waals surface area contributed by atoms with E-state index >= 15 is 0 Å². The molecule has 21 heavy (non-hydrogen) atoms. The fraction of sp³-hybridized carbons (Fsp3) is 0.438. The molecule has 3 rings (SSSR count). The van der Waals surface area contributed by atoms with Crippen LogP contribution in [0.3, 0.4) is 0 Å². The fourth-order valence-electron chi connectivity index (χ4n) is 2.72. The molecule has 0 spiro atoms. The van der Waals surface area contributed by atoms with E-state index < -0.39 is 6.04 Å². The second kappa shape index (κ2) is 5.31. The number of amides is 3. The minimum atomic E-state index is -0.622. The van der Waals surface area contributed by atoms with Crippen LogP contribution in [0.5, 0.6) is 0 Å². The Hall–Kier alpha value is -2.17. The van der Waals surface area contributed by atoms with Crippen molar-refractivity contribution in [2.75, 3.05) is 0 Å². The molecule has 110 valence electrons. The average molecular weight is 286 g/mol. The molecule has 1 aromatic carbocycles. The van der Waals surface area contributed by atoms with Gasteiger partial charge >= 0.3 is 0 Å². The first-order valence-electron chi connectivity index (χ1n) is 7.25. The lowest BCUT2D eigenvalue weighted by molar-refractivity contribution is -0.139. The van der Waals surface area contributed by atoms with Gasteiger partial charge < -0.3 is 4.90 Å². The topological polar surface area (TPSA) is 66.5 Å². The van der Waals surface area contributed by atoms with Crippen LogP contribution in [-0.4, -0.2) is 34.7 Å². The van der Waals surface area contributed by atoms with Crippen molar-refractivity contribution in [1.29, 1.82) is 0 Å². The first-order valence-corrected chi connectivity index (χ1v) is 7.25. The van der Waals surface area contributed by atoms with E-state index in [2.05, 4.69) is 5.32 Å². The maximum Gasteiger partial charge on any atom is 0.249 e. The predicted octanol–water partition coefficient (Wildman–Crippen LogP) is 0.944. The van der Waals surface area contributed by atoms with Crippen molar-refractivity contribution in [3.63, 3.8) is 0 Å². The molecule has 1 atom stereocenters. The summed E-state index contributed by atoms with van der Waals surface area (Å²) in [5, 5.41) is 2.28. The largest absolute Gasteiger partial charge is 0.327 e. The zero-order valence-electron chi connectivity index (χ0n) is 12.0. The monoisotopic (exact) mass is 286 g/mol. The molecule has 1 saturated carbocycles. The fourth-order valence-corrected chi connectivity index (χ4v) is 2.72. The van der Waals surface area contributed by atoms with Gasteiger partial charge in [-0.25, -0.2) is 0 Å². The molecule has 1 aliphatic heterocycles. The van der Waals surface area contributed by atoms with E-state index in [0.29, 0.717) is 0 Å². The zero-order valence-corrected chi connectivity index (χ0v) is 12.0. The quantitative estimate of drug-likeness (QED) is 0.838. The van der Waals surface area contributed by atoms with E-state index in [1.165, 1.54) is 0 Å². The summed E-state index contributed by atoms with van der Waals surface area (Å²) in [5.74, 6) is -0.709. The van der Waals surface area contributed by atoms with E-state index in [1.807, 2.05) is 31.2 Å². The van der Waals surface area contributed by atoms with Gasteiger partial charge in [0.15, 0.2) is 0 Å². The van der Waals surface area contributed by atoms with Crippen molar-refractivity contribution in [3.8, 4) is 0 Å². The third-order valence-corrected chi connectivity index (χ3v) is 3.98. The van der Waals surface area contributed by atoms with Gasteiger partial charge in [-0.05, 0) is 25.3 Å². The van der Waals surface area contributed by atoms with Crippen LogP contribution in [0, 0.1) is 6.92 Å². The summed E-state index contributed by atoms with van der Waals surface area (Å²) in [6.45, 7) is 2.00. The first-order chi connectivity index (χ1) is 10.0. The van der Waals surface area contributed by atoms with Crippen LogP contribution in [0.4, 0.5) is 0 Å². The number of nitrogens with zero attached hydrogens (tertiary/aromatic N) is 1. The van der Waals surface area contributed by atoms with Gasteiger partial charge in [0.2, 0.25) is 17.7 Å². The zero-order chi connectivity index (χ0) is 15.0. The normalized spacial score (nSPS) is 21.3. The molecule has 2 fully saturated rings. The number of nitrogens with one attached hydrogen (secondary N) is 1. The Morgan fingerprint density at radius 2 is 1.90 bits per heavy atom. The van der Waals surface area contributed by atoms with Crippen LogP contribution in [-0.2, 0) is 20.8 Å². The molecular formula is C16H18N2O3. The van der Waals surface area contributed by atoms with Crippen molar-refractivity contribution >= 4 is 17.7 Å². The van der Waals surface area contributed by atoms with E-state index in [-0.39, 0.29) is 36.6 Å². The van der Waals surface area contributed by atoms with Gasteiger partial charge in [0.25, 0.3) is 0 Å². The number of hydrogen-bond donors (Lipinski definition) is 1. The number of carbonyl (C=O) groups excluding carboxylic acids is 3. The summed E-state index contributed by atoms with van der Waals surface area (Å²) in [6.07, 6.45) is 2.19. The Kier molecular flexibility index (Phi) is 3.49. The molecule has 1 heterocycles. The Bertz CT molecular complexity index is 590. The molecule has 5 nitrogen and oxygen atoms in total. The van der Waals surface area contributed by atoms with Gasteiger partial charge in [-0.2, -0.15) is 0 Å². The molecule has 3 amide bonds. The van der Waals surface area contributed by atoms with Crippen LogP contribution < -0.4 is 5.32 Å². The lowest BCUT2D eigenvalue weighted by Gasteiger charge is -2.26. The maximum absolute atomic E-state index is 12.6. The highest BCUT2D eigenvalue weighted by Crippen LogP contribution is 2.31. The molecule has 5 heteroatoms. The standard InChI is InChI=1S/C16H18N2O3/c1-10-2-4-11(5-3-10)8-15(20)18(12-6-7-12)13-9-14(19)17-16(13)21/h2-5,12-13H,6-9H2,1H3,(H,17,19,21). The van der Waals surface area contributed by atoms with Crippen molar-refractivity contribution in [2.24, 2.45) is 0 Å². The Balaban J connectivity index is 1.75. The Morgan fingerprint density at radius 1 is 1.24 bits per heavy atom. The van der Waals surface area contributed by atoms with E-state index in [0.717, 1.165) is 24.0 Å². The van der Waals surface area contributed by atoms with Gasteiger partial charge in [0.05, 0.1) is 12.8 Å². The summed E-state index contributed by atoms with van der Waals surface area (Å²) < 4.78 is 0. The number of benzene rings is 1. The Labute approximate surface area is 123 Å². The highest BCUT2D eigenvalue weighted by Gasteiger charge is 2.44.